The average Bonchev–Trinajstić information content (AvgIpc) is 1.02. The van der Waals surface area contributed by atoms with Crippen molar-refractivity contribution in [2.45, 2.75) is 213 Å². The van der Waals surface area contributed by atoms with E-state index >= 15 is 0 Å². The predicted octanol–water partition coefficient (Wildman–Crippen LogP) is 0.0305. The standard InChI is InChI=1S/C74H109N17O31/c1-18-24-107-26-28-109-30-31-110-29-27-108-25-19-54(96)89(34-44-36-90(87-85-44)22-20-75-52(94)40-111-57(50-38-113-69(103)117-50)59-55(77-42(2)92)46(32-48(115-59)61(97)105-16)79-63(81-65(99)119-71(4,5)6)82-66(100)120-72(7,8)9)35-45-37-91(88-86-45)23-21-76-53(95)41-112-58(51-39-114-70(104)118-51)60-56(78-43(3)93)47(33-49(116-60)62(98)106-17)80-64(83-67(101)121-73(10,11)12)84-68(102)122-74(13,14)15/h1,32-33,36-37,46-47,50-51,55-60H,19-31,34-35,38-41H2,2-17H3,(H,75,94)(H,76,95)(H,77,92)(H,78,93)(H2,79,81,82,99,100)(H2,80,83,84,101,102)/t46-,47-,50+,51+,55+,56+,57+,58+,59+,60+/m0/s1. The van der Waals surface area contributed by atoms with Gasteiger partial charge < -0.3 is 122 Å². The SMILES string of the molecule is C#CCOCCOCCOCCOCCC(=O)N(Cc1cn(CCNC(=O)CO[C@@H]([C@@H]2OC(C(=O)OC)=C[C@H](N/C(=N/C(=O)OC(C)(C)C)NC(=O)OC(C)(C)C)[C@H]2NC(C)=O)[C@H]2COC(=O)O2)nn1)Cc1cn(CCNC(=O)CO[C@@H]([C@@H]2OC(C(=O)OC)=C[C@H](N/C(=N/C(=O)OC(C)(C)C)NC(=O)OC(C)(C)C)[C@H]2NC(C)=O)[C@H]2COC(=O)O2)nn1. The molecule has 2 saturated heterocycles. The molecule has 0 radical (unpaired) electrons. The van der Waals surface area contributed by atoms with Gasteiger partial charge in [-0.15, -0.1) is 26.6 Å². The molecule has 10 atom stereocenters. The van der Waals surface area contributed by atoms with E-state index in [9.17, 15) is 62.3 Å². The zero-order chi connectivity index (χ0) is 90.1. The summed E-state index contributed by atoms with van der Waals surface area (Å²) in [6.45, 7) is 19.8. The highest BCUT2D eigenvalue weighted by Crippen LogP contribution is 2.31. The molecule has 4 aliphatic rings. The number of esters is 2. The molecular formula is C74H109N17O31. The number of terminal acetylenes is 1. The van der Waals surface area contributed by atoms with E-state index in [1.165, 1.54) is 26.7 Å². The number of nitrogens with one attached hydrogen (secondary N) is 8. The number of carbonyl (C=O) groups excluding carboxylic acids is 13. The number of methoxy groups -OCH3 is 2. The molecule has 6 rings (SSSR count). The molecular weight excluding hydrogens is 1620 g/mol. The highest BCUT2D eigenvalue weighted by atomic mass is 16.8. The third kappa shape index (κ3) is 36.1. The van der Waals surface area contributed by atoms with E-state index in [0.717, 1.165) is 40.2 Å². The third-order valence-electron chi connectivity index (χ3n) is 16.0. The number of aromatic nitrogens is 6. The zero-order valence-electron chi connectivity index (χ0n) is 70.8. The highest BCUT2D eigenvalue weighted by Gasteiger charge is 2.51. The second kappa shape index (κ2) is 47.2. The Labute approximate surface area is 701 Å². The zero-order valence-corrected chi connectivity index (χ0v) is 70.8. The van der Waals surface area contributed by atoms with Crippen LogP contribution in [0.2, 0.25) is 0 Å². The fourth-order valence-corrected chi connectivity index (χ4v) is 11.2. The van der Waals surface area contributed by atoms with Gasteiger partial charge in [0.1, 0.15) is 79.0 Å². The lowest BCUT2D eigenvalue weighted by molar-refractivity contribution is -0.155. The first kappa shape index (κ1) is 98.8. The molecule has 8 N–H and O–H groups in total. The van der Waals surface area contributed by atoms with Crippen LogP contribution >= 0.6 is 0 Å². The number of amides is 9. The van der Waals surface area contributed by atoms with E-state index in [2.05, 4.69) is 79.1 Å². The summed E-state index contributed by atoms with van der Waals surface area (Å²) in [5.41, 5.74) is -3.64. The molecule has 0 unspecified atom stereocenters. The first-order valence-electron chi connectivity index (χ1n) is 38.3. The Morgan fingerprint density at radius 3 is 1.26 bits per heavy atom. The van der Waals surface area contributed by atoms with Crippen LogP contribution in [0, 0.1) is 12.3 Å². The van der Waals surface area contributed by atoms with Gasteiger partial charge in [-0.2, -0.15) is 0 Å². The van der Waals surface area contributed by atoms with Crippen LogP contribution in [0.4, 0.5) is 28.8 Å². The average molecular weight is 1730 g/mol. The van der Waals surface area contributed by atoms with Crippen molar-refractivity contribution in [2.24, 2.45) is 9.98 Å². The molecule has 0 spiro atoms. The number of hydrogen-bond donors (Lipinski definition) is 8. The monoisotopic (exact) mass is 1730 g/mol. The Morgan fingerprint density at radius 1 is 0.541 bits per heavy atom. The van der Waals surface area contributed by atoms with Gasteiger partial charge in [0.05, 0.1) is 130 Å². The van der Waals surface area contributed by atoms with Crippen LogP contribution in [0.3, 0.4) is 0 Å². The van der Waals surface area contributed by atoms with E-state index in [1.54, 1.807) is 83.1 Å². The number of nitrogens with zero attached hydrogens (tertiary/aromatic N) is 9. The lowest BCUT2D eigenvalue weighted by Gasteiger charge is -2.41. The van der Waals surface area contributed by atoms with Crippen LogP contribution < -0.4 is 42.5 Å². The maximum Gasteiger partial charge on any atom is 0.508 e. The number of hydrogen-bond acceptors (Lipinski definition) is 35. The van der Waals surface area contributed by atoms with Crippen molar-refractivity contribution in [2.75, 3.05) is 107 Å². The van der Waals surface area contributed by atoms with E-state index in [0.29, 0.717) is 13.2 Å². The summed E-state index contributed by atoms with van der Waals surface area (Å²) < 4.78 is 102. The number of rotatable bonds is 39. The second-order valence-electron chi connectivity index (χ2n) is 30.9. The first-order valence-corrected chi connectivity index (χ1v) is 38.3. The van der Waals surface area contributed by atoms with Gasteiger partial charge in [0.15, 0.2) is 24.4 Å². The summed E-state index contributed by atoms with van der Waals surface area (Å²) in [7, 11) is 2.09. The van der Waals surface area contributed by atoms with Crippen LogP contribution in [0.5, 0.6) is 0 Å². The predicted molar refractivity (Wildman–Crippen MR) is 414 cm³/mol. The molecule has 0 bridgehead atoms. The van der Waals surface area contributed by atoms with Crippen molar-refractivity contribution in [3.63, 3.8) is 0 Å². The van der Waals surface area contributed by atoms with Crippen LogP contribution in [0.15, 0.2) is 46.0 Å². The van der Waals surface area contributed by atoms with Crippen molar-refractivity contribution in [3.8, 4) is 12.3 Å². The molecule has 0 aromatic carbocycles. The minimum atomic E-state index is -1.58. The molecule has 2 aromatic rings. The number of aliphatic imine (C=N–C) groups is 2. The molecule has 0 saturated carbocycles. The Balaban J connectivity index is 1.14. The summed E-state index contributed by atoms with van der Waals surface area (Å²) in [6.07, 6.45) is -5.37. The summed E-state index contributed by atoms with van der Waals surface area (Å²) in [5.74, 6) is -5.20. The molecule has 48 nitrogen and oxygen atoms in total. The summed E-state index contributed by atoms with van der Waals surface area (Å²) in [4.78, 5) is 181. The van der Waals surface area contributed by atoms with E-state index in [1.807, 2.05) is 0 Å². The van der Waals surface area contributed by atoms with Crippen molar-refractivity contribution in [1.82, 2.24) is 77.4 Å². The van der Waals surface area contributed by atoms with Crippen LogP contribution in [0.1, 0.15) is 115 Å². The lowest BCUT2D eigenvalue weighted by atomic mass is 9.91. The van der Waals surface area contributed by atoms with Gasteiger partial charge in [-0.3, -0.25) is 44.0 Å². The largest absolute Gasteiger partial charge is 0.508 e. The normalized spacial score (nSPS) is 19.6. The molecule has 0 aliphatic carbocycles. The van der Waals surface area contributed by atoms with Crippen LogP contribution in [0.25, 0.3) is 0 Å². The Kier molecular flexibility index (Phi) is 38.2. The molecule has 4 aliphatic heterocycles. The molecule has 2 fully saturated rings. The minimum absolute atomic E-state index is 0.00650. The maximum atomic E-state index is 14.1. The quantitative estimate of drug-likeness (QED) is 0.0109. The van der Waals surface area contributed by atoms with Gasteiger partial charge in [0.25, 0.3) is 0 Å². The summed E-state index contributed by atoms with van der Waals surface area (Å²) in [6, 6.07) is -5.51. The minimum Gasteiger partial charge on any atom is -0.478 e. The summed E-state index contributed by atoms with van der Waals surface area (Å²) in [5, 5.41) is 38.0. The Bertz CT molecular complexity index is 3880. The number of ether oxygens (including phenoxy) is 18. The number of guanidine groups is 2. The number of cyclic esters (lactones) is 4. The van der Waals surface area contributed by atoms with Gasteiger partial charge in [0, 0.05) is 26.9 Å². The fraction of sp³-hybridized carbons (Fsp3) is 0.662. The number of carbonyl (C=O) groups is 13. The van der Waals surface area contributed by atoms with Crippen LogP contribution in [-0.4, -0.2) is 315 Å². The third-order valence-corrected chi connectivity index (χ3v) is 16.0. The molecule has 48 heteroatoms. The highest BCUT2D eigenvalue weighted by molar-refractivity contribution is 6.00. The van der Waals surface area contributed by atoms with E-state index in [-0.39, 0.29) is 96.7 Å². The van der Waals surface area contributed by atoms with Crippen LogP contribution in [-0.2, 0) is 145 Å². The van der Waals surface area contributed by atoms with Crippen molar-refractivity contribution >= 4 is 90.1 Å². The van der Waals surface area contributed by atoms with Gasteiger partial charge >= 0.3 is 48.6 Å². The molecule has 9 amide bonds. The van der Waals surface area contributed by atoms with Gasteiger partial charge in [-0.05, 0) is 95.2 Å². The van der Waals surface area contributed by atoms with Gasteiger partial charge in [0.2, 0.25) is 53.0 Å². The lowest BCUT2D eigenvalue weighted by Crippen LogP contribution is -2.65. The van der Waals surface area contributed by atoms with E-state index in [4.69, 9.17) is 91.7 Å². The molecule has 676 valence electrons. The van der Waals surface area contributed by atoms with Crippen molar-refractivity contribution in [3.05, 3.63) is 47.5 Å². The van der Waals surface area contributed by atoms with Gasteiger partial charge in [-0.1, -0.05) is 16.3 Å². The van der Waals surface area contributed by atoms with Crippen molar-refractivity contribution < 1.29 is 148 Å². The summed E-state index contributed by atoms with van der Waals surface area (Å²) >= 11 is 0. The smallest absolute Gasteiger partial charge is 0.478 e. The molecule has 122 heavy (non-hydrogen) atoms. The van der Waals surface area contributed by atoms with Gasteiger partial charge in [-0.25, -0.2) is 38.4 Å². The maximum absolute atomic E-state index is 14.1. The molecule has 2 aromatic heterocycles. The van der Waals surface area contributed by atoms with Crippen molar-refractivity contribution in [1.29, 1.82) is 0 Å². The first-order chi connectivity index (χ1) is 57.4. The fourth-order valence-electron chi connectivity index (χ4n) is 11.2. The Hall–Kier alpha value is -12.1. The topological polar surface area (TPSA) is 574 Å². The second-order valence-corrected chi connectivity index (χ2v) is 30.9. The molecule has 6 heterocycles. The number of alkyl carbamates (subject to hydrolysis) is 2. The van der Waals surface area contributed by atoms with E-state index < -0.39 is 211 Å². The Morgan fingerprint density at radius 2 is 0.918 bits per heavy atom.